The van der Waals surface area contributed by atoms with Gasteiger partial charge in [0.25, 0.3) is 0 Å². The Bertz CT molecular complexity index is 1310. The Hall–Kier alpha value is -2.83. The molecule has 6 nitrogen and oxygen atoms in total. The molecule has 1 saturated carbocycles. The summed E-state index contributed by atoms with van der Waals surface area (Å²) in [4.78, 5) is 27.4. The van der Waals surface area contributed by atoms with Crippen molar-refractivity contribution in [2.45, 2.75) is 50.4 Å². The monoisotopic (exact) mass is 577 g/mol. The van der Waals surface area contributed by atoms with Crippen LogP contribution in [0.25, 0.3) is 0 Å². The smallest absolute Gasteiger partial charge is 0.416 e. The molecule has 2 saturated heterocycles. The minimum Gasteiger partial charge on any atom is -0.508 e. The van der Waals surface area contributed by atoms with Crippen LogP contribution in [0.4, 0.5) is 32.0 Å². The van der Waals surface area contributed by atoms with E-state index in [-0.39, 0.29) is 29.7 Å². The van der Waals surface area contributed by atoms with Crippen LogP contribution in [-0.2, 0) is 26.7 Å². The maximum absolute atomic E-state index is 13.6. The number of aliphatic hydroxyl groups is 1. The van der Waals surface area contributed by atoms with Gasteiger partial charge in [-0.2, -0.15) is 26.3 Å². The lowest BCUT2D eigenvalue weighted by Crippen LogP contribution is -2.53. The molecule has 2 amide bonds. The second-order valence-electron chi connectivity index (χ2n) is 10.2. The molecule has 3 aliphatic rings. The molecular formula is C26H22ClF6NO5. The van der Waals surface area contributed by atoms with Crippen LogP contribution < -0.4 is 4.90 Å². The molecule has 6 atom stereocenters. The zero-order valence-electron chi connectivity index (χ0n) is 20.2. The maximum Gasteiger partial charge on any atom is 0.416 e. The standard InChI is InChI=1S/C26H22ClF6NO5/c1-2-11-8-17-21(18-10-20(39-24(11,18)38)16-4-3-15(35)9-19(16)27)23(37)34(22(17)36)14-6-12(25(28,29)30)5-13(7-14)26(31,32)33/h3-7,9,11,17-18,20-21,35,38H,2,8,10H2,1H3/t11-,17-,18-,20-,21-,24+/m0/s1. The lowest BCUT2D eigenvalue weighted by Gasteiger charge is -2.44. The number of amides is 2. The van der Waals surface area contributed by atoms with Crippen molar-refractivity contribution in [1.29, 1.82) is 0 Å². The van der Waals surface area contributed by atoms with Crippen molar-refractivity contribution >= 4 is 29.1 Å². The van der Waals surface area contributed by atoms with Gasteiger partial charge in [-0.05, 0) is 55.2 Å². The Morgan fingerprint density at radius 2 is 1.62 bits per heavy atom. The molecule has 39 heavy (non-hydrogen) atoms. The molecule has 2 aromatic rings. The van der Waals surface area contributed by atoms with Crippen molar-refractivity contribution in [3.05, 3.63) is 58.1 Å². The quantitative estimate of drug-likeness (QED) is 0.341. The molecule has 13 heteroatoms. The zero-order valence-corrected chi connectivity index (χ0v) is 20.9. The first-order chi connectivity index (χ1) is 18.1. The second kappa shape index (κ2) is 9.10. The number of benzene rings is 2. The first-order valence-corrected chi connectivity index (χ1v) is 12.5. The molecule has 1 aliphatic carbocycles. The van der Waals surface area contributed by atoms with E-state index in [1.807, 2.05) is 0 Å². The predicted octanol–water partition coefficient (Wildman–Crippen LogP) is 6.09. The first kappa shape index (κ1) is 27.7. The summed E-state index contributed by atoms with van der Waals surface area (Å²) in [7, 11) is 0. The van der Waals surface area contributed by atoms with Gasteiger partial charge in [0.1, 0.15) is 5.75 Å². The summed E-state index contributed by atoms with van der Waals surface area (Å²) in [5.74, 6) is -7.92. The van der Waals surface area contributed by atoms with Crippen molar-refractivity contribution in [1.82, 2.24) is 0 Å². The molecule has 0 spiro atoms. The molecule has 2 aromatic carbocycles. The van der Waals surface area contributed by atoms with Gasteiger partial charge >= 0.3 is 12.4 Å². The van der Waals surface area contributed by atoms with E-state index < -0.39 is 76.5 Å². The van der Waals surface area contributed by atoms with Crippen LogP contribution in [0.1, 0.15) is 49.0 Å². The Morgan fingerprint density at radius 1 is 1.00 bits per heavy atom. The van der Waals surface area contributed by atoms with Crippen molar-refractivity contribution in [2.24, 2.45) is 23.7 Å². The molecular weight excluding hydrogens is 556 g/mol. The number of carbonyl (C=O) groups excluding carboxylic acids is 2. The largest absolute Gasteiger partial charge is 0.508 e. The zero-order chi connectivity index (χ0) is 28.7. The lowest BCUT2D eigenvalue weighted by molar-refractivity contribution is -0.269. The Kier molecular flexibility index (Phi) is 6.47. The number of phenolic OH excluding ortho intramolecular Hbond substituents is 1. The number of nitrogens with zero attached hydrogens (tertiary/aromatic N) is 1. The van der Waals surface area contributed by atoms with Gasteiger partial charge in [0.15, 0.2) is 5.79 Å². The Balaban J connectivity index is 1.57. The summed E-state index contributed by atoms with van der Waals surface area (Å²) >= 11 is 6.26. The summed E-state index contributed by atoms with van der Waals surface area (Å²) in [5.41, 5.74) is -3.74. The summed E-state index contributed by atoms with van der Waals surface area (Å²) in [5, 5.41) is 21.5. The average molecular weight is 578 g/mol. The number of alkyl halides is 6. The van der Waals surface area contributed by atoms with Gasteiger partial charge in [-0.25, -0.2) is 0 Å². The van der Waals surface area contributed by atoms with Gasteiger partial charge in [0.2, 0.25) is 11.8 Å². The van der Waals surface area contributed by atoms with E-state index in [1.165, 1.54) is 18.2 Å². The van der Waals surface area contributed by atoms with Gasteiger partial charge in [0.05, 0.1) is 39.8 Å². The fourth-order valence-electron chi connectivity index (χ4n) is 6.24. The minimum atomic E-state index is -5.17. The van der Waals surface area contributed by atoms with E-state index in [0.29, 0.717) is 29.0 Å². The topological polar surface area (TPSA) is 87.1 Å². The van der Waals surface area contributed by atoms with Crippen molar-refractivity contribution in [2.75, 3.05) is 4.90 Å². The van der Waals surface area contributed by atoms with Gasteiger partial charge in [0, 0.05) is 11.8 Å². The Morgan fingerprint density at radius 3 is 2.15 bits per heavy atom. The minimum absolute atomic E-state index is 0.00190. The van der Waals surface area contributed by atoms with Crippen LogP contribution in [0.3, 0.4) is 0 Å². The van der Waals surface area contributed by atoms with Gasteiger partial charge in [-0.1, -0.05) is 24.6 Å². The number of aromatic hydroxyl groups is 1. The Labute approximate surface area is 223 Å². The highest BCUT2D eigenvalue weighted by atomic mass is 35.5. The van der Waals surface area contributed by atoms with Gasteiger partial charge < -0.3 is 14.9 Å². The SMILES string of the molecule is CC[C@H]1C[C@@H]2C(=O)N(c3cc(C(F)(F)F)cc(C(F)(F)F)c3)C(=O)[C@@H]2[C@@H]2C[C@@H](c3ccc(O)cc3Cl)O[C@]12O. The number of anilines is 1. The van der Waals surface area contributed by atoms with Crippen LogP contribution in [0.2, 0.25) is 5.02 Å². The predicted molar refractivity (Wildman–Crippen MR) is 124 cm³/mol. The highest BCUT2D eigenvalue weighted by Crippen LogP contribution is 2.59. The number of phenols is 1. The molecule has 0 unspecified atom stereocenters. The van der Waals surface area contributed by atoms with E-state index in [9.17, 15) is 46.1 Å². The van der Waals surface area contributed by atoms with Crippen LogP contribution in [0, 0.1) is 23.7 Å². The lowest BCUT2D eigenvalue weighted by atomic mass is 9.64. The molecule has 0 bridgehead atoms. The fraction of sp³-hybridized carbons (Fsp3) is 0.462. The van der Waals surface area contributed by atoms with E-state index in [1.54, 1.807) is 6.92 Å². The molecule has 210 valence electrons. The number of rotatable bonds is 3. The van der Waals surface area contributed by atoms with Crippen molar-refractivity contribution in [3.63, 3.8) is 0 Å². The molecule has 5 rings (SSSR count). The number of hydrogen-bond acceptors (Lipinski definition) is 5. The third kappa shape index (κ3) is 4.46. The maximum atomic E-state index is 13.6. The van der Waals surface area contributed by atoms with Gasteiger partial charge in [-0.15, -0.1) is 0 Å². The molecule has 2 aliphatic heterocycles. The number of halogens is 7. The van der Waals surface area contributed by atoms with E-state index in [0.717, 1.165) is 0 Å². The van der Waals surface area contributed by atoms with Crippen LogP contribution in [0.5, 0.6) is 5.75 Å². The van der Waals surface area contributed by atoms with E-state index in [4.69, 9.17) is 16.3 Å². The third-order valence-electron chi connectivity index (χ3n) is 8.02. The molecule has 3 fully saturated rings. The molecule has 2 N–H and O–H groups in total. The highest BCUT2D eigenvalue weighted by molar-refractivity contribution is 6.31. The average Bonchev–Trinajstić information content (AvgIpc) is 3.30. The summed E-state index contributed by atoms with van der Waals surface area (Å²) in [6.45, 7) is 1.73. The summed E-state index contributed by atoms with van der Waals surface area (Å²) in [6.07, 6.45) is -10.9. The number of imide groups is 1. The third-order valence-corrected chi connectivity index (χ3v) is 8.35. The normalized spacial score (nSPS) is 31.0. The molecule has 2 heterocycles. The number of hydrogen-bond donors (Lipinski definition) is 2. The van der Waals surface area contributed by atoms with E-state index in [2.05, 4.69) is 0 Å². The van der Waals surface area contributed by atoms with Crippen molar-refractivity contribution < 1.29 is 50.9 Å². The fourth-order valence-corrected chi connectivity index (χ4v) is 6.54. The first-order valence-electron chi connectivity index (χ1n) is 12.1. The van der Waals surface area contributed by atoms with Crippen molar-refractivity contribution in [3.8, 4) is 5.75 Å². The molecule has 0 aromatic heterocycles. The second-order valence-corrected chi connectivity index (χ2v) is 10.6. The molecule has 0 radical (unpaired) electrons. The number of ether oxygens (including phenoxy) is 1. The summed E-state index contributed by atoms with van der Waals surface area (Å²) in [6, 6.07) is 4.71. The van der Waals surface area contributed by atoms with Crippen LogP contribution in [0.15, 0.2) is 36.4 Å². The number of fused-ring (bicyclic) bond motifs is 3. The highest BCUT2D eigenvalue weighted by Gasteiger charge is 2.66. The van der Waals surface area contributed by atoms with Crippen LogP contribution >= 0.6 is 11.6 Å². The van der Waals surface area contributed by atoms with E-state index >= 15 is 0 Å². The number of carbonyl (C=O) groups is 2. The summed E-state index contributed by atoms with van der Waals surface area (Å²) < 4.78 is 86.8. The van der Waals surface area contributed by atoms with Gasteiger partial charge in [-0.3, -0.25) is 14.5 Å². The van der Waals surface area contributed by atoms with Crippen LogP contribution in [-0.4, -0.2) is 27.8 Å².